The number of pyridine rings is 1. The number of nitrogens with zero attached hydrogens (tertiary/aromatic N) is 4. The van der Waals surface area contributed by atoms with Crippen molar-refractivity contribution in [3.8, 4) is 11.4 Å². The van der Waals surface area contributed by atoms with Gasteiger partial charge in [-0.15, -0.1) is 0 Å². The molecule has 2 aromatic rings. The first kappa shape index (κ1) is 16.4. The number of aliphatic imine (C=N–C) groups is 1. The maximum atomic E-state index is 4.56. The number of aromatic nitrogens is 4. The van der Waals surface area contributed by atoms with Crippen molar-refractivity contribution in [3.63, 3.8) is 0 Å². The van der Waals surface area contributed by atoms with Gasteiger partial charge in [-0.2, -0.15) is 5.10 Å². The third-order valence-corrected chi connectivity index (χ3v) is 4.23. The first-order valence-corrected chi connectivity index (χ1v) is 8.36. The number of hydrogen-bond acceptors (Lipinski definition) is 5. The average Bonchev–Trinajstić information content (AvgIpc) is 3.30. The number of rotatable bonds is 7. The van der Waals surface area contributed by atoms with Crippen molar-refractivity contribution in [2.24, 2.45) is 10.4 Å². The van der Waals surface area contributed by atoms with E-state index in [9.17, 15) is 0 Å². The van der Waals surface area contributed by atoms with Crippen molar-refractivity contribution in [2.75, 3.05) is 5.32 Å². The molecule has 0 amide bonds. The van der Waals surface area contributed by atoms with E-state index < -0.39 is 0 Å². The first-order chi connectivity index (χ1) is 11.5. The van der Waals surface area contributed by atoms with Crippen LogP contribution in [0.2, 0.25) is 0 Å². The van der Waals surface area contributed by atoms with Crippen molar-refractivity contribution in [1.82, 2.24) is 20.2 Å². The van der Waals surface area contributed by atoms with Crippen LogP contribution in [0, 0.1) is 5.41 Å². The molecule has 2 N–H and O–H groups in total. The third kappa shape index (κ3) is 4.07. The first-order valence-electron chi connectivity index (χ1n) is 8.36. The molecule has 6 nitrogen and oxygen atoms in total. The molecule has 0 aromatic carbocycles. The van der Waals surface area contributed by atoms with E-state index in [0.717, 1.165) is 23.5 Å². The fourth-order valence-corrected chi connectivity index (χ4v) is 2.12. The van der Waals surface area contributed by atoms with Gasteiger partial charge in [0.25, 0.3) is 0 Å². The monoisotopic (exact) mass is 324 g/mol. The Morgan fingerprint density at radius 3 is 2.96 bits per heavy atom. The van der Waals surface area contributed by atoms with E-state index in [2.05, 4.69) is 57.8 Å². The molecule has 1 fully saturated rings. The van der Waals surface area contributed by atoms with Gasteiger partial charge in [-0.05, 0) is 30.7 Å². The van der Waals surface area contributed by atoms with Crippen LogP contribution in [-0.2, 0) is 0 Å². The highest BCUT2D eigenvalue weighted by atomic mass is 15.2. The summed E-state index contributed by atoms with van der Waals surface area (Å²) >= 11 is 0. The molecular weight excluding hydrogens is 300 g/mol. The van der Waals surface area contributed by atoms with Crippen LogP contribution in [0.25, 0.3) is 11.4 Å². The standard InChI is InChI=1S/C18H24N6/c1-5-18(3,4)11-20-12(2)21-15-8-14(9-19-10-15)17-22-16(23-24-17)13-6-7-13/h8-11,13,21H,2,5-7H2,1,3-4H3,(H,22,23,24)/b20-11-. The van der Waals surface area contributed by atoms with Crippen molar-refractivity contribution < 1.29 is 0 Å². The molecule has 2 aromatic heterocycles. The predicted molar refractivity (Wildman–Crippen MR) is 96.9 cm³/mol. The van der Waals surface area contributed by atoms with E-state index >= 15 is 0 Å². The van der Waals surface area contributed by atoms with Crippen LogP contribution < -0.4 is 5.32 Å². The summed E-state index contributed by atoms with van der Waals surface area (Å²) in [6, 6.07) is 1.96. The Balaban J connectivity index is 1.69. The summed E-state index contributed by atoms with van der Waals surface area (Å²) < 4.78 is 0. The van der Waals surface area contributed by atoms with Gasteiger partial charge in [0.1, 0.15) is 11.6 Å². The number of anilines is 1. The number of H-pyrrole nitrogens is 1. The molecule has 0 radical (unpaired) electrons. The summed E-state index contributed by atoms with van der Waals surface area (Å²) in [5.41, 5.74) is 1.75. The van der Waals surface area contributed by atoms with Crippen LogP contribution in [0.15, 0.2) is 35.9 Å². The second kappa shape index (κ2) is 6.55. The molecule has 0 aliphatic heterocycles. The largest absolute Gasteiger partial charge is 0.339 e. The zero-order valence-electron chi connectivity index (χ0n) is 14.5. The van der Waals surface area contributed by atoms with E-state index in [1.165, 1.54) is 12.8 Å². The molecule has 1 saturated carbocycles. The summed E-state index contributed by atoms with van der Waals surface area (Å²) in [6.07, 6.45) is 8.84. The molecule has 0 unspecified atom stereocenters. The molecular formula is C18H24N6. The molecule has 1 aliphatic rings. The summed E-state index contributed by atoms with van der Waals surface area (Å²) in [6.45, 7) is 10.4. The number of aromatic amines is 1. The Hall–Kier alpha value is -2.50. The van der Waals surface area contributed by atoms with Gasteiger partial charge in [0, 0.05) is 23.9 Å². The minimum Gasteiger partial charge on any atom is -0.339 e. The average molecular weight is 324 g/mol. The Bertz CT molecular complexity index is 754. The van der Waals surface area contributed by atoms with Crippen molar-refractivity contribution in [3.05, 3.63) is 36.7 Å². The van der Waals surface area contributed by atoms with Gasteiger partial charge < -0.3 is 5.32 Å². The summed E-state index contributed by atoms with van der Waals surface area (Å²) in [7, 11) is 0. The molecule has 0 bridgehead atoms. The van der Waals surface area contributed by atoms with Crippen molar-refractivity contribution in [1.29, 1.82) is 0 Å². The highest BCUT2D eigenvalue weighted by Crippen LogP contribution is 2.38. The lowest BCUT2D eigenvalue weighted by molar-refractivity contribution is 0.515. The van der Waals surface area contributed by atoms with Crippen LogP contribution in [0.5, 0.6) is 0 Å². The van der Waals surface area contributed by atoms with E-state index in [4.69, 9.17) is 0 Å². The van der Waals surface area contributed by atoms with E-state index in [1.807, 2.05) is 12.3 Å². The van der Waals surface area contributed by atoms with Crippen molar-refractivity contribution in [2.45, 2.75) is 46.0 Å². The molecule has 0 atom stereocenters. The lowest BCUT2D eigenvalue weighted by Gasteiger charge is -2.16. The van der Waals surface area contributed by atoms with Crippen LogP contribution in [0.3, 0.4) is 0 Å². The normalized spacial score (nSPS) is 15.0. The molecule has 126 valence electrons. The molecule has 3 rings (SSSR count). The van der Waals surface area contributed by atoms with Gasteiger partial charge in [-0.25, -0.2) is 9.98 Å². The number of hydrogen-bond donors (Lipinski definition) is 2. The Morgan fingerprint density at radius 1 is 1.46 bits per heavy atom. The highest BCUT2D eigenvalue weighted by Gasteiger charge is 2.27. The van der Waals surface area contributed by atoms with E-state index in [-0.39, 0.29) is 5.41 Å². The summed E-state index contributed by atoms with van der Waals surface area (Å²) in [5.74, 6) is 2.79. The molecule has 1 aliphatic carbocycles. The van der Waals surface area contributed by atoms with E-state index in [0.29, 0.717) is 17.6 Å². The topological polar surface area (TPSA) is 78.9 Å². The second-order valence-corrected chi connectivity index (χ2v) is 6.95. The maximum absolute atomic E-state index is 4.56. The van der Waals surface area contributed by atoms with Gasteiger partial charge in [-0.3, -0.25) is 10.1 Å². The second-order valence-electron chi connectivity index (χ2n) is 6.95. The lowest BCUT2D eigenvalue weighted by atomic mass is 9.92. The van der Waals surface area contributed by atoms with Crippen LogP contribution in [0.1, 0.15) is 51.8 Å². The van der Waals surface area contributed by atoms with Gasteiger partial charge in [-0.1, -0.05) is 27.4 Å². The molecule has 0 spiro atoms. The minimum atomic E-state index is 0.0584. The SMILES string of the molecule is C=C(/N=C\C(C)(C)CC)Nc1cncc(-c2n[nH]c(C3CC3)n2)c1. The Morgan fingerprint density at radius 2 is 2.25 bits per heavy atom. The summed E-state index contributed by atoms with van der Waals surface area (Å²) in [5, 5.41) is 10.5. The molecule has 0 saturated heterocycles. The van der Waals surface area contributed by atoms with Gasteiger partial charge in [0.2, 0.25) is 0 Å². The smallest absolute Gasteiger partial charge is 0.182 e. The van der Waals surface area contributed by atoms with Crippen LogP contribution in [-0.4, -0.2) is 26.4 Å². The van der Waals surface area contributed by atoms with Crippen LogP contribution in [0.4, 0.5) is 5.69 Å². The summed E-state index contributed by atoms with van der Waals surface area (Å²) in [4.78, 5) is 13.2. The quantitative estimate of drug-likeness (QED) is 0.750. The third-order valence-electron chi connectivity index (χ3n) is 4.23. The minimum absolute atomic E-state index is 0.0584. The fraction of sp³-hybridized carbons (Fsp3) is 0.444. The van der Waals surface area contributed by atoms with Gasteiger partial charge >= 0.3 is 0 Å². The van der Waals surface area contributed by atoms with Crippen LogP contribution >= 0.6 is 0 Å². The zero-order chi connectivity index (χ0) is 17.2. The molecule has 6 heteroatoms. The van der Waals surface area contributed by atoms with Gasteiger partial charge in [0.15, 0.2) is 5.82 Å². The number of nitrogens with one attached hydrogen (secondary N) is 2. The Kier molecular flexibility index (Phi) is 4.46. The van der Waals surface area contributed by atoms with Crippen molar-refractivity contribution >= 4 is 11.9 Å². The van der Waals surface area contributed by atoms with E-state index in [1.54, 1.807) is 12.4 Å². The lowest BCUT2D eigenvalue weighted by Crippen LogP contribution is -2.11. The highest BCUT2D eigenvalue weighted by molar-refractivity contribution is 5.67. The molecule has 2 heterocycles. The predicted octanol–water partition coefficient (Wildman–Crippen LogP) is 4.13. The zero-order valence-corrected chi connectivity index (χ0v) is 14.5. The fourth-order valence-electron chi connectivity index (χ4n) is 2.12. The Labute approximate surface area is 142 Å². The maximum Gasteiger partial charge on any atom is 0.182 e. The molecule has 24 heavy (non-hydrogen) atoms. The van der Waals surface area contributed by atoms with Gasteiger partial charge in [0.05, 0.1) is 11.9 Å².